The predicted octanol–water partition coefficient (Wildman–Crippen LogP) is 3.95. The minimum atomic E-state index is -0.388. The number of hydrogen-bond donors (Lipinski definition) is 1. The molecular weight excluding hydrogens is 228 g/mol. The normalized spacial score (nSPS) is 12.7. The number of rotatable bonds is 3. The van der Waals surface area contributed by atoms with Crippen LogP contribution in [0, 0.1) is 20.8 Å². The van der Waals surface area contributed by atoms with Crippen LogP contribution in [0.1, 0.15) is 33.9 Å². The molecule has 90 valence electrons. The summed E-state index contributed by atoms with van der Waals surface area (Å²) in [4.78, 5) is 0. The molecule has 0 fully saturated rings. The van der Waals surface area contributed by atoms with E-state index in [2.05, 4.69) is 44.4 Å². The van der Waals surface area contributed by atoms with Crippen LogP contribution in [0.4, 0.5) is 0 Å². The van der Waals surface area contributed by atoms with E-state index in [0.29, 0.717) is 6.42 Å². The highest BCUT2D eigenvalue weighted by molar-refractivity contribution is 7.08. The second kappa shape index (κ2) is 5.03. The molecule has 0 bridgehead atoms. The lowest BCUT2D eigenvalue weighted by molar-refractivity contribution is 0.178. The van der Waals surface area contributed by atoms with Gasteiger partial charge in [0.15, 0.2) is 0 Å². The average Bonchev–Trinajstić information content (AvgIpc) is 2.70. The summed E-state index contributed by atoms with van der Waals surface area (Å²) in [5.41, 5.74) is 6.05. The Labute approximate surface area is 107 Å². The molecule has 1 N–H and O–H groups in total. The fourth-order valence-electron chi connectivity index (χ4n) is 2.19. The van der Waals surface area contributed by atoms with Gasteiger partial charge in [0.05, 0.1) is 6.10 Å². The summed E-state index contributed by atoms with van der Waals surface area (Å²) in [7, 11) is 0. The van der Waals surface area contributed by atoms with Crippen molar-refractivity contribution in [1.82, 2.24) is 0 Å². The number of aryl methyl sites for hydroxylation is 3. The molecule has 2 aromatic rings. The molecular formula is C15H18OS. The molecule has 17 heavy (non-hydrogen) atoms. The predicted molar refractivity (Wildman–Crippen MR) is 73.6 cm³/mol. The van der Waals surface area contributed by atoms with Crippen LogP contribution in [0.15, 0.2) is 29.0 Å². The number of thiophene rings is 1. The van der Waals surface area contributed by atoms with Gasteiger partial charge in [-0.15, -0.1) is 0 Å². The second-order valence-electron chi connectivity index (χ2n) is 4.60. The number of hydrogen-bond acceptors (Lipinski definition) is 2. The van der Waals surface area contributed by atoms with Crippen molar-refractivity contribution in [3.05, 3.63) is 56.8 Å². The highest BCUT2D eigenvalue weighted by atomic mass is 32.1. The minimum Gasteiger partial charge on any atom is -0.388 e. The monoisotopic (exact) mass is 246 g/mol. The maximum Gasteiger partial charge on any atom is 0.0841 e. The van der Waals surface area contributed by atoms with Crippen LogP contribution in [0.5, 0.6) is 0 Å². The molecule has 0 aliphatic carbocycles. The van der Waals surface area contributed by atoms with Crippen molar-refractivity contribution in [3.8, 4) is 0 Å². The van der Waals surface area contributed by atoms with E-state index in [0.717, 1.165) is 5.56 Å². The molecule has 0 saturated carbocycles. The van der Waals surface area contributed by atoms with E-state index in [4.69, 9.17) is 0 Å². The van der Waals surface area contributed by atoms with Gasteiger partial charge in [0, 0.05) is 6.42 Å². The quantitative estimate of drug-likeness (QED) is 0.869. The third-order valence-electron chi connectivity index (χ3n) is 3.30. The summed E-state index contributed by atoms with van der Waals surface area (Å²) in [5.74, 6) is 0. The fourth-order valence-corrected chi connectivity index (χ4v) is 3.08. The van der Waals surface area contributed by atoms with E-state index in [1.165, 1.54) is 22.3 Å². The van der Waals surface area contributed by atoms with Crippen LogP contribution in [0.25, 0.3) is 0 Å². The lowest BCUT2D eigenvalue weighted by Crippen LogP contribution is -2.05. The van der Waals surface area contributed by atoms with E-state index >= 15 is 0 Å². The summed E-state index contributed by atoms with van der Waals surface area (Å²) in [6.07, 6.45) is 0.317. The third-order valence-corrected chi connectivity index (χ3v) is 4.18. The van der Waals surface area contributed by atoms with Gasteiger partial charge in [-0.3, -0.25) is 0 Å². The number of benzene rings is 1. The highest BCUT2D eigenvalue weighted by Gasteiger charge is 2.14. The first-order chi connectivity index (χ1) is 8.09. The topological polar surface area (TPSA) is 20.2 Å². The Bertz CT molecular complexity index is 493. The van der Waals surface area contributed by atoms with E-state index < -0.39 is 0 Å². The van der Waals surface area contributed by atoms with Crippen LogP contribution < -0.4 is 0 Å². The largest absolute Gasteiger partial charge is 0.388 e. The molecule has 1 heterocycles. The molecule has 0 amide bonds. The van der Waals surface area contributed by atoms with E-state index in [1.54, 1.807) is 11.3 Å². The smallest absolute Gasteiger partial charge is 0.0841 e. The first-order valence-electron chi connectivity index (χ1n) is 5.85. The van der Waals surface area contributed by atoms with Crippen molar-refractivity contribution >= 4 is 11.3 Å². The molecule has 0 saturated heterocycles. The van der Waals surface area contributed by atoms with Crippen molar-refractivity contribution in [2.75, 3.05) is 0 Å². The zero-order chi connectivity index (χ0) is 12.4. The fraction of sp³-hybridized carbons (Fsp3) is 0.333. The van der Waals surface area contributed by atoms with Gasteiger partial charge in [0.25, 0.3) is 0 Å². The van der Waals surface area contributed by atoms with Gasteiger partial charge in [-0.1, -0.05) is 18.2 Å². The molecule has 1 atom stereocenters. The van der Waals surface area contributed by atoms with Crippen LogP contribution in [-0.4, -0.2) is 5.11 Å². The molecule has 1 unspecified atom stereocenters. The molecule has 2 rings (SSSR count). The van der Waals surface area contributed by atoms with Crippen molar-refractivity contribution in [1.29, 1.82) is 0 Å². The molecule has 0 spiro atoms. The first-order valence-corrected chi connectivity index (χ1v) is 6.79. The van der Waals surface area contributed by atoms with Gasteiger partial charge >= 0.3 is 0 Å². The third kappa shape index (κ3) is 2.59. The maximum absolute atomic E-state index is 10.3. The van der Waals surface area contributed by atoms with Gasteiger partial charge < -0.3 is 5.11 Å². The van der Waals surface area contributed by atoms with Crippen molar-refractivity contribution in [2.45, 2.75) is 33.3 Å². The SMILES string of the molecule is Cc1cscc1C(O)Cc1c(C)cccc1C. The summed E-state index contributed by atoms with van der Waals surface area (Å²) in [6.45, 7) is 6.27. The standard InChI is InChI=1S/C15H18OS/c1-10-5-4-6-11(2)13(10)7-15(16)14-9-17-8-12(14)3/h4-6,8-9,15-16H,7H2,1-3H3. The van der Waals surface area contributed by atoms with Gasteiger partial charge in [-0.05, 0) is 59.3 Å². The molecule has 0 aliphatic heterocycles. The number of aliphatic hydroxyl groups excluding tert-OH is 1. The zero-order valence-electron chi connectivity index (χ0n) is 10.5. The molecule has 1 nitrogen and oxygen atoms in total. The van der Waals surface area contributed by atoms with Crippen molar-refractivity contribution in [2.24, 2.45) is 0 Å². The summed E-state index contributed by atoms with van der Waals surface area (Å²) in [5, 5.41) is 14.4. The Morgan fingerprint density at radius 2 is 1.71 bits per heavy atom. The Morgan fingerprint density at radius 1 is 1.06 bits per heavy atom. The second-order valence-corrected chi connectivity index (χ2v) is 5.34. The van der Waals surface area contributed by atoms with E-state index in [9.17, 15) is 5.11 Å². The Hall–Kier alpha value is -1.12. The lowest BCUT2D eigenvalue weighted by atomic mass is 9.94. The number of aliphatic hydroxyl groups is 1. The van der Waals surface area contributed by atoms with Crippen molar-refractivity contribution in [3.63, 3.8) is 0 Å². The van der Waals surface area contributed by atoms with Crippen LogP contribution in [0.2, 0.25) is 0 Å². The van der Waals surface area contributed by atoms with Crippen LogP contribution in [0.3, 0.4) is 0 Å². The van der Waals surface area contributed by atoms with Crippen LogP contribution >= 0.6 is 11.3 Å². The van der Waals surface area contributed by atoms with Gasteiger partial charge in [-0.2, -0.15) is 11.3 Å². The lowest BCUT2D eigenvalue weighted by Gasteiger charge is -2.15. The van der Waals surface area contributed by atoms with Crippen molar-refractivity contribution < 1.29 is 5.11 Å². The summed E-state index contributed by atoms with van der Waals surface area (Å²) < 4.78 is 0. The molecule has 1 aromatic carbocycles. The summed E-state index contributed by atoms with van der Waals surface area (Å²) >= 11 is 1.65. The highest BCUT2D eigenvalue weighted by Crippen LogP contribution is 2.27. The Balaban J connectivity index is 2.25. The zero-order valence-corrected chi connectivity index (χ0v) is 11.3. The molecule has 1 aromatic heterocycles. The van der Waals surface area contributed by atoms with Gasteiger partial charge in [0.2, 0.25) is 0 Å². The average molecular weight is 246 g/mol. The van der Waals surface area contributed by atoms with Crippen LogP contribution in [-0.2, 0) is 6.42 Å². The van der Waals surface area contributed by atoms with Gasteiger partial charge in [-0.25, -0.2) is 0 Å². The minimum absolute atomic E-state index is 0.388. The van der Waals surface area contributed by atoms with E-state index in [1.807, 2.05) is 5.38 Å². The Morgan fingerprint density at radius 3 is 2.24 bits per heavy atom. The van der Waals surface area contributed by atoms with Gasteiger partial charge in [0.1, 0.15) is 0 Å². The molecule has 0 radical (unpaired) electrons. The maximum atomic E-state index is 10.3. The van der Waals surface area contributed by atoms with E-state index in [-0.39, 0.29) is 6.10 Å². The summed E-state index contributed by atoms with van der Waals surface area (Å²) in [6, 6.07) is 6.28. The molecule has 0 aliphatic rings. The Kier molecular flexibility index (Phi) is 3.65. The molecule has 2 heteroatoms. The first kappa shape index (κ1) is 12.3.